The maximum Gasteiger partial charge on any atom is 0.251 e. The highest BCUT2D eigenvalue weighted by molar-refractivity contribution is 6.32. The van der Waals surface area contributed by atoms with E-state index in [1.807, 2.05) is 0 Å². The Morgan fingerprint density at radius 2 is 2.11 bits per heavy atom. The fourth-order valence-electron chi connectivity index (χ4n) is 1.86. The fourth-order valence-corrected chi connectivity index (χ4v) is 2.04. The fraction of sp³-hybridized carbons (Fsp3) is 0.231. The number of phenolic OH excluding ortho intramolecular Hbond substituents is 1. The van der Waals surface area contributed by atoms with Crippen LogP contribution in [0, 0.1) is 0 Å². The minimum atomic E-state index is -0.161. The van der Waals surface area contributed by atoms with Crippen molar-refractivity contribution < 1.29 is 5.11 Å². The van der Waals surface area contributed by atoms with Crippen LogP contribution in [0.15, 0.2) is 29.1 Å². The highest BCUT2D eigenvalue weighted by atomic mass is 35.5. The average Bonchev–Trinajstić information content (AvgIpc) is 3.16. The molecule has 0 saturated heterocycles. The van der Waals surface area contributed by atoms with Crippen molar-refractivity contribution >= 4 is 11.6 Å². The Balaban J connectivity index is 2.09. The first-order chi connectivity index (χ1) is 8.63. The molecule has 0 radical (unpaired) electrons. The van der Waals surface area contributed by atoms with Crippen LogP contribution in [0.3, 0.4) is 0 Å². The molecule has 18 heavy (non-hydrogen) atoms. The molecule has 1 fully saturated rings. The molecule has 92 valence electrons. The van der Waals surface area contributed by atoms with Crippen LogP contribution in [0.4, 0.5) is 0 Å². The van der Waals surface area contributed by atoms with Crippen LogP contribution in [0.5, 0.6) is 5.75 Å². The van der Waals surface area contributed by atoms with E-state index in [0.29, 0.717) is 17.3 Å². The van der Waals surface area contributed by atoms with Crippen LogP contribution in [-0.2, 0) is 0 Å². The zero-order chi connectivity index (χ0) is 12.7. The number of H-pyrrole nitrogens is 1. The molecule has 3 rings (SSSR count). The van der Waals surface area contributed by atoms with Gasteiger partial charge in [0.15, 0.2) is 0 Å². The number of aromatic amines is 1. The van der Waals surface area contributed by atoms with Gasteiger partial charge in [-0.3, -0.25) is 4.79 Å². The highest BCUT2D eigenvalue weighted by Gasteiger charge is 2.25. The molecular weight excluding hydrogens is 252 g/mol. The zero-order valence-corrected chi connectivity index (χ0v) is 10.2. The Labute approximate surface area is 108 Å². The standard InChI is InChI=1S/C13H11ClN2O2/c14-9-5-8(3-4-11(9)17)13-15-10(7-1-2-7)6-12(18)16-13/h3-7,17H,1-2H2,(H,15,16,18). The van der Waals surface area contributed by atoms with Crippen LogP contribution >= 0.6 is 11.6 Å². The number of hydrogen-bond acceptors (Lipinski definition) is 3. The van der Waals surface area contributed by atoms with Crippen molar-refractivity contribution in [3.05, 3.63) is 45.3 Å². The summed E-state index contributed by atoms with van der Waals surface area (Å²) in [6.45, 7) is 0. The van der Waals surface area contributed by atoms with Crippen molar-refractivity contribution in [3.8, 4) is 17.1 Å². The van der Waals surface area contributed by atoms with Crippen molar-refractivity contribution in [2.45, 2.75) is 18.8 Å². The number of benzene rings is 1. The Morgan fingerprint density at radius 1 is 1.33 bits per heavy atom. The Bertz CT molecular complexity index is 662. The summed E-state index contributed by atoms with van der Waals surface area (Å²) in [7, 11) is 0. The van der Waals surface area contributed by atoms with Crippen LogP contribution in [0.1, 0.15) is 24.5 Å². The maximum absolute atomic E-state index is 11.6. The third kappa shape index (κ3) is 2.11. The summed E-state index contributed by atoms with van der Waals surface area (Å²) in [6, 6.07) is 6.30. The molecular formula is C13H11ClN2O2. The molecule has 1 aromatic heterocycles. The zero-order valence-electron chi connectivity index (χ0n) is 9.48. The van der Waals surface area contributed by atoms with Crippen molar-refractivity contribution in [1.82, 2.24) is 9.97 Å². The Morgan fingerprint density at radius 3 is 2.78 bits per heavy atom. The molecule has 0 bridgehead atoms. The summed E-state index contributed by atoms with van der Waals surface area (Å²) in [5, 5.41) is 9.62. The lowest BCUT2D eigenvalue weighted by atomic mass is 10.2. The third-order valence-corrected chi connectivity index (χ3v) is 3.28. The number of phenols is 1. The monoisotopic (exact) mass is 262 g/mol. The van der Waals surface area contributed by atoms with Crippen LogP contribution in [0.2, 0.25) is 5.02 Å². The van der Waals surface area contributed by atoms with Crippen LogP contribution < -0.4 is 5.56 Å². The minimum Gasteiger partial charge on any atom is -0.506 e. The molecule has 1 saturated carbocycles. The van der Waals surface area contributed by atoms with E-state index in [1.54, 1.807) is 18.2 Å². The third-order valence-electron chi connectivity index (χ3n) is 2.98. The lowest BCUT2D eigenvalue weighted by molar-refractivity contribution is 0.475. The highest BCUT2D eigenvalue weighted by Crippen LogP contribution is 2.39. The summed E-state index contributed by atoms with van der Waals surface area (Å²) in [5.41, 5.74) is 1.36. The summed E-state index contributed by atoms with van der Waals surface area (Å²) < 4.78 is 0. The minimum absolute atomic E-state index is 0.0149. The van der Waals surface area contributed by atoms with Gasteiger partial charge in [-0.1, -0.05) is 11.6 Å². The molecule has 1 heterocycles. The first kappa shape index (κ1) is 11.3. The second-order valence-corrected chi connectivity index (χ2v) is 4.87. The van der Waals surface area contributed by atoms with Gasteiger partial charge in [0, 0.05) is 17.5 Å². The largest absolute Gasteiger partial charge is 0.506 e. The molecule has 5 heteroatoms. The SMILES string of the molecule is O=c1cc(C2CC2)nc(-c2ccc(O)c(Cl)c2)[nH]1. The quantitative estimate of drug-likeness (QED) is 0.874. The predicted molar refractivity (Wildman–Crippen MR) is 68.9 cm³/mol. The lowest BCUT2D eigenvalue weighted by Gasteiger charge is -2.04. The smallest absolute Gasteiger partial charge is 0.251 e. The molecule has 2 N–H and O–H groups in total. The predicted octanol–water partition coefficient (Wildman–Crippen LogP) is 2.67. The number of hydrogen-bond donors (Lipinski definition) is 2. The van der Waals surface area contributed by atoms with Crippen molar-refractivity contribution in [2.24, 2.45) is 0 Å². The molecule has 0 aliphatic heterocycles. The Kier molecular flexibility index (Phi) is 2.59. The van der Waals surface area contributed by atoms with E-state index in [0.717, 1.165) is 18.5 Å². The average molecular weight is 263 g/mol. The van der Waals surface area contributed by atoms with Gasteiger partial charge in [0.25, 0.3) is 5.56 Å². The molecule has 2 aromatic rings. The molecule has 4 nitrogen and oxygen atoms in total. The number of aromatic nitrogens is 2. The molecule has 0 atom stereocenters. The van der Waals surface area contributed by atoms with Gasteiger partial charge in [-0.2, -0.15) is 0 Å². The molecule has 0 spiro atoms. The Hall–Kier alpha value is -1.81. The first-order valence-corrected chi connectivity index (χ1v) is 6.11. The maximum atomic E-state index is 11.6. The molecule has 1 aromatic carbocycles. The first-order valence-electron chi connectivity index (χ1n) is 5.73. The molecule has 0 amide bonds. The van der Waals surface area contributed by atoms with Gasteiger partial charge in [0.05, 0.1) is 10.7 Å². The van der Waals surface area contributed by atoms with E-state index in [2.05, 4.69) is 9.97 Å². The molecule has 1 aliphatic rings. The van der Waals surface area contributed by atoms with Crippen LogP contribution in [-0.4, -0.2) is 15.1 Å². The summed E-state index contributed by atoms with van der Waals surface area (Å²) >= 11 is 5.85. The van der Waals surface area contributed by atoms with Gasteiger partial charge in [-0.15, -0.1) is 0 Å². The van der Waals surface area contributed by atoms with E-state index in [-0.39, 0.29) is 16.3 Å². The molecule has 0 unspecified atom stereocenters. The van der Waals surface area contributed by atoms with E-state index >= 15 is 0 Å². The molecule has 1 aliphatic carbocycles. The van der Waals surface area contributed by atoms with Gasteiger partial charge in [-0.25, -0.2) is 4.98 Å². The van der Waals surface area contributed by atoms with Crippen molar-refractivity contribution in [3.63, 3.8) is 0 Å². The number of nitrogens with one attached hydrogen (secondary N) is 1. The summed E-state index contributed by atoms with van der Waals surface area (Å²) in [6.07, 6.45) is 2.18. The van der Waals surface area contributed by atoms with Gasteiger partial charge < -0.3 is 10.1 Å². The number of aromatic hydroxyl groups is 1. The number of halogens is 1. The topological polar surface area (TPSA) is 66.0 Å². The van der Waals surface area contributed by atoms with Gasteiger partial charge in [0.2, 0.25) is 0 Å². The summed E-state index contributed by atoms with van der Waals surface area (Å²) in [4.78, 5) is 18.7. The van der Waals surface area contributed by atoms with Crippen molar-refractivity contribution in [1.29, 1.82) is 0 Å². The van der Waals surface area contributed by atoms with E-state index in [1.165, 1.54) is 6.07 Å². The second-order valence-electron chi connectivity index (χ2n) is 4.46. The summed E-state index contributed by atoms with van der Waals surface area (Å²) in [5.74, 6) is 0.922. The second kappa shape index (κ2) is 4.14. The lowest BCUT2D eigenvalue weighted by Crippen LogP contribution is -2.09. The van der Waals surface area contributed by atoms with Gasteiger partial charge in [-0.05, 0) is 31.0 Å². The normalized spacial score (nSPS) is 14.7. The van der Waals surface area contributed by atoms with E-state index in [9.17, 15) is 9.90 Å². The van der Waals surface area contributed by atoms with Gasteiger partial charge in [0.1, 0.15) is 11.6 Å². The van der Waals surface area contributed by atoms with E-state index in [4.69, 9.17) is 11.6 Å². The van der Waals surface area contributed by atoms with Gasteiger partial charge >= 0.3 is 0 Å². The van der Waals surface area contributed by atoms with Crippen LogP contribution in [0.25, 0.3) is 11.4 Å². The number of nitrogens with zero attached hydrogens (tertiary/aromatic N) is 1. The van der Waals surface area contributed by atoms with E-state index < -0.39 is 0 Å². The number of rotatable bonds is 2. The van der Waals surface area contributed by atoms with Crippen molar-refractivity contribution in [2.75, 3.05) is 0 Å².